The molecule has 26 heavy (non-hydrogen) atoms. The van der Waals surface area contributed by atoms with E-state index in [9.17, 15) is 23.1 Å². The lowest BCUT2D eigenvalue weighted by atomic mass is 10.1. The van der Waals surface area contributed by atoms with E-state index in [1.165, 1.54) is 24.3 Å². The molecule has 1 aromatic heterocycles. The van der Waals surface area contributed by atoms with Crippen LogP contribution in [0.4, 0.5) is 18.9 Å². The van der Waals surface area contributed by atoms with E-state index in [2.05, 4.69) is 9.98 Å². The first-order chi connectivity index (χ1) is 12.2. The van der Waals surface area contributed by atoms with Gasteiger partial charge in [0.1, 0.15) is 11.3 Å². The zero-order valence-electron chi connectivity index (χ0n) is 12.7. The highest BCUT2D eigenvalue weighted by molar-refractivity contribution is 6.40. The second-order valence-electron chi connectivity index (χ2n) is 5.27. The molecule has 4 nitrogen and oxygen atoms in total. The fraction of sp³-hybridized carbons (Fsp3) is 0.0588. The van der Waals surface area contributed by atoms with Gasteiger partial charge in [0.25, 0.3) is 5.56 Å². The van der Waals surface area contributed by atoms with Gasteiger partial charge in [-0.25, -0.2) is 0 Å². The van der Waals surface area contributed by atoms with Crippen molar-refractivity contribution < 1.29 is 18.3 Å². The van der Waals surface area contributed by atoms with Gasteiger partial charge in [0.15, 0.2) is 0 Å². The molecule has 0 saturated heterocycles. The van der Waals surface area contributed by atoms with E-state index >= 15 is 0 Å². The molecule has 0 amide bonds. The maximum atomic E-state index is 13.0. The van der Waals surface area contributed by atoms with Gasteiger partial charge in [0.05, 0.1) is 32.2 Å². The molecule has 0 aliphatic carbocycles. The van der Waals surface area contributed by atoms with Gasteiger partial charge in [0, 0.05) is 6.21 Å². The number of fused-ring (bicyclic) bond motifs is 1. The Morgan fingerprint density at radius 2 is 1.73 bits per heavy atom. The summed E-state index contributed by atoms with van der Waals surface area (Å²) >= 11 is 12.0. The summed E-state index contributed by atoms with van der Waals surface area (Å²) in [7, 11) is 0. The van der Waals surface area contributed by atoms with Crippen molar-refractivity contribution in [1.82, 2.24) is 4.98 Å². The van der Waals surface area contributed by atoms with Crippen molar-refractivity contribution in [3.63, 3.8) is 0 Å². The minimum absolute atomic E-state index is 0.0734. The minimum atomic E-state index is -4.61. The summed E-state index contributed by atoms with van der Waals surface area (Å²) in [4.78, 5) is 18.4. The molecule has 0 saturated carbocycles. The second-order valence-corrected chi connectivity index (χ2v) is 6.08. The lowest BCUT2D eigenvalue weighted by molar-refractivity contribution is -0.137. The van der Waals surface area contributed by atoms with Crippen LogP contribution < -0.4 is 5.56 Å². The van der Waals surface area contributed by atoms with E-state index in [-0.39, 0.29) is 26.5 Å². The third kappa shape index (κ3) is 3.27. The molecule has 3 aromatic rings. The average Bonchev–Trinajstić information content (AvgIpc) is 2.57. The van der Waals surface area contributed by atoms with Crippen LogP contribution in [0.15, 0.2) is 46.2 Å². The molecule has 134 valence electrons. The predicted molar refractivity (Wildman–Crippen MR) is 95.0 cm³/mol. The maximum Gasteiger partial charge on any atom is 0.418 e. The molecule has 0 unspecified atom stereocenters. The van der Waals surface area contributed by atoms with E-state index in [4.69, 9.17) is 23.2 Å². The quantitative estimate of drug-likeness (QED) is 0.572. The topological polar surface area (TPSA) is 65.5 Å². The van der Waals surface area contributed by atoms with E-state index in [0.29, 0.717) is 0 Å². The summed E-state index contributed by atoms with van der Waals surface area (Å²) < 4.78 is 39.0. The molecule has 9 heteroatoms. The Balaban J connectivity index is 2.19. The van der Waals surface area contributed by atoms with Crippen LogP contribution in [0.3, 0.4) is 0 Å². The highest BCUT2D eigenvalue weighted by atomic mass is 35.5. The largest absolute Gasteiger partial charge is 0.506 e. The van der Waals surface area contributed by atoms with Crippen molar-refractivity contribution in [1.29, 1.82) is 0 Å². The lowest BCUT2D eigenvalue weighted by Crippen LogP contribution is -2.13. The van der Waals surface area contributed by atoms with Gasteiger partial charge in [-0.3, -0.25) is 9.79 Å². The normalized spacial score (nSPS) is 12.2. The zero-order chi connectivity index (χ0) is 19.1. The van der Waals surface area contributed by atoms with Crippen molar-refractivity contribution in [3.8, 4) is 5.75 Å². The highest BCUT2D eigenvalue weighted by Crippen LogP contribution is 2.37. The third-order valence-electron chi connectivity index (χ3n) is 3.62. The van der Waals surface area contributed by atoms with E-state index < -0.39 is 28.7 Å². The zero-order valence-corrected chi connectivity index (χ0v) is 14.2. The van der Waals surface area contributed by atoms with E-state index in [1.54, 1.807) is 0 Å². The van der Waals surface area contributed by atoms with Crippen LogP contribution in [-0.2, 0) is 6.18 Å². The van der Waals surface area contributed by atoms with Crippen molar-refractivity contribution in [2.24, 2.45) is 4.99 Å². The number of para-hydroxylation sites is 1. The summed E-state index contributed by atoms with van der Waals surface area (Å²) in [6.45, 7) is 0. The maximum absolute atomic E-state index is 13.0. The van der Waals surface area contributed by atoms with Crippen molar-refractivity contribution in [3.05, 3.63) is 67.9 Å². The Bertz CT molecular complexity index is 1090. The van der Waals surface area contributed by atoms with E-state index in [0.717, 1.165) is 18.3 Å². The monoisotopic (exact) mass is 400 g/mol. The van der Waals surface area contributed by atoms with Gasteiger partial charge < -0.3 is 10.1 Å². The fourth-order valence-corrected chi connectivity index (χ4v) is 2.86. The number of H-pyrrole nitrogens is 1. The number of rotatable bonds is 2. The number of halogens is 5. The summed E-state index contributed by atoms with van der Waals surface area (Å²) in [5.41, 5.74) is -2.34. The number of pyridine rings is 1. The van der Waals surface area contributed by atoms with Crippen LogP contribution >= 0.6 is 23.2 Å². The summed E-state index contributed by atoms with van der Waals surface area (Å²) in [5.74, 6) is -0.524. The number of aromatic hydroxyl groups is 1. The first kappa shape index (κ1) is 18.3. The Labute approximate surface area is 154 Å². The first-order valence-electron chi connectivity index (χ1n) is 7.13. The molecule has 1 heterocycles. The lowest BCUT2D eigenvalue weighted by Gasteiger charge is -2.09. The molecule has 0 radical (unpaired) electrons. The number of aromatic nitrogens is 1. The molecule has 0 aliphatic rings. The highest BCUT2D eigenvalue weighted by Gasteiger charge is 2.33. The molecule has 2 N–H and O–H groups in total. The number of hydrogen-bond acceptors (Lipinski definition) is 3. The summed E-state index contributed by atoms with van der Waals surface area (Å²) in [6.07, 6.45) is -3.75. The Hall–Kier alpha value is -2.51. The van der Waals surface area contributed by atoms with Crippen LogP contribution in [0.5, 0.6) is 5.75 Å². The standard InChI is InChI=1S/C17H9Cl2F3N2O2/c18-10-5-6-11(19)14-13(10)15(25)8(16(26)24-14)7-23-12-4-2-1-3-9(12)17(20,21)22/h1-7H,(H2,24,25,26). The van der Waals surface area contributed by atoms with Crippen molar-refractivity contribution >= 4 is 46.0 Å². The summed E-state index contributed by atoms with van der Waals surface area (Å²) in [5, 5.41) is 10.7. The van der Waals surface area contributed by atoms with Gasteiger partial charge in [-0.15, -0.1) is 0 Å². The SMILES string of the molecule is O=c1[nH]c2c(Cl)ccc(Cl)c2c(O)c1C=Nc1ccccc1C(F)(F)F. The Morgan fingerprint density at radius 1 is 1.08 bits per heavy atom. The smallest absolute Gasteiger partial charge is 0.418 e. The molecule has 3 rings (SSSR count). The van der Waals surface area contributed by atoms with Gasteiger partial charge in [-0.05, 0) is 24.3 Å². The number of aliphatic imine (C=N–C) groups is 1. The third-order valence-corrected chi connectivity index (χ3v) is 4.25. The van der Waals surface area contributed by atoms with Gasteiger partial charge in [-0.2, -0.15) is 13.2 Å². The predicted octanol–water partition coefficient (Wildman–Crippen LogP) is 5.31. The first-order valence-corrected chi connectivity index (χ1v) is 7.89. The van der Waals surface area contributed by atoms with Gasteiger partial charge in [-0.1, -0.05) is 35.3 Å². The second kappa shape index (κ2) is 6.66. The number of alkyl halides is 3. The minimum Gasteiger partial charge on any atom is -0.506 e. The van der Waals surface area contributed by atoms with Crippen molar-refractivity contribution in [2.75, 3.05) is 0 Å². The molecule has 2 aromatic carbocycles. The molecule has 0 aliphatic heterocycles. The molecule has 0 fully saturated rings. The number of nitrogens with zero attached hydrogens (tertiary/aromatic N) is 1. The van der Waals surface area contributed by atoms with Gasteiger partial charge >= 0.3 is 6.18 Å². The van der Waals surface area contributed by atoms with Crippen molar-refractivity contribution in [2.45, 2.75) is 6.18 Å². The molecular weight excluding hydrogens is 392 g/mol. The number of aromatic amines is 1. The van der Waals surface area contributed by atoms with Crippen LogP contribution in [-0.4, -0.2) is 16.3 Å². The number of nitrogens with one attached hydrogen (secondary N) is 1. The van der Waals surface area contributed by atoms with Crippen LogP contribution in [0, 0.1) is 0 Å². The molecular formula is C17H9Cl2F3N2O2. The molecule has 0 spiro atoms. The fourth-order valence-electron chi connectivity index (χ4n) is 2.41. The molecule has 0 atom stereocenters. The Kier molecular flexibility index (Phi) is 4.68. The average molecular weight is 401 g/mol. The Morgan fingerprint density at radius 3 is 2.42 bits per heavy atom. The van der Waals surface area contributed by atoms with E-state index in [1.807, 2.05) is 0 Å². The van der Waals surface area contributed by atoms with Crippen LogP contribution in [0.2, 0.25) is 10.0 Å². The number of hydrogen-bond donors (Lipinski definition) is 2. The summed E-state index contributed by atoms with van der Waals surface area (Å²) in [6, 6.07) is 7.48. The van der Waals surface area contributed by atoms with Gasteiger partial charge in [0.2, 0.25) is 0 Å². The van der Waals surface area contributed by atoms with Crippen LogP contribution in [0.1, 0.15) is 11.1 Å². The molecule has 0 bridgehead atoms. The van der Waals surface area contributed by atoms with Crippen LogP contribution in [0.25, 0.3) is 10.9 Å². The number of benzene rings is 2.